The Labute approximate surface area is 149 Å². The van der Waals surface area contributed by atoms with Crippen molar-refractivity contribution in [3.8, 4) is 0 Å². The summed E-state index contributed by atoms with van der Waals surface area (Å²) in [5, 5.41) is 11.6. The van der Waals surface area contributed by atoms with E-state index in [4.69, 9.17) is 5.14 Å². The minimum absolute atomic E-state index is 0.109. The van der Waals surface area contributed by atoms with Crippen molar-refractivity contribution < 1.29 is 8.42 Å². The van der Waals surface area contributed by atoms with Gasteiger partial charge in [0.15, 0.2) is 5.96 Å². The lowest BCUT2D eigenvalue weighted by atomic mass is 10.1. The van der Waals surface area contributed by atoms with Crippen LogP contribution in [0.4, 0.5) is 0 Å². The van der Waals surface area contributed by atoms with Crippen LogP contribution in [0.15, 0.2) is 64.5 Å². The molecule has 0 fully saturated rings. The van der Waals surface area contributed by atoms with Crippen molar-refractivity contribution in [3.05, 3.63) is 65.7 Å². The number of guanidine groups is 1. The molecule has 0 spiro atoms. The largest absolute Gasteiger partial charge is 0.356 e. The molecular formula is C18H24N4O2S. The van der Waals surface area contributed by atoms with Gasteiger partial charge in [-0.05, 0) is 36.1 Å². The predicted octanol–water partition coefficient (Wildman–Crippen LogP) is 1.63. The SMILES string of the molecule is CN=C(NCCCc1ccccc1)NCc1cccc(S(N)(=O)=O)c1. The second-order valence-electron chi connectivity index (χ2n) is 5.63. The number of nitrogens with zero attached hydrogens (tertiary/aromatic N) is 1. The molecular weight excluding hydrogens is 336 g/mol. The summed E-state index contributed by atoms with van der Waals surface area (Å²) >= 11 is 0. The molecule has 0 amide bonds. The quantitative estimate of drug-likeness (QED) is 0.397. The lowest BCUT2D eigenvalue weighted by Crippen LogP contribution is -2.37. The Bertz CT molecular complexity index is 805. The van der Waals surface area contributed by atoms with Gasteiger partial charge in [0, 0.05) is 20.1 Å². The van der Waals surface area contributed by atoms with Gasteiger partial charge in [0.2, 0.25) is 10.0 Å². The van der Waals surface area contributed by atoms with Crippen LogP contribution >= 0.6 is 0 Å². The number of aliphatic imine (C=N–C) groups is 1. The number of aryl methyl sites for hydroxylation is 1. The molecule has 0 aliphatic heterocycles. The van der Waals surface area contributed by atoms with Gasteiger partial charge >= 0.3 is 0 Å². The van der Waals surface area contributed by atoms with Gasteiger partial charge in [0.25, 0.3) is 0 Å². The molecule has 134 valence electrons. The highest BCUT2D eigenvalue weighted by Crippen LogP contribution is 2.09. The third kappa shape index (κ3) is 6.56. The Hall–Kier alpha value is -2.38. The van der Waals surface area contributed by atoms with E-state index in [-0.39, 0.29) is 4.90 Å². The van der Waals surface area contributed by atoms with E-state index in [1.807, 2.05) is 24.3 Å². The van der Waals surface area contributed by atoms with E-state index in [0.29, 0.717) is 12.5 Å². The van der Waals surface area contributed by atoms with Crippen LogP contribution in [0, 0.1) is 0 Å². The summed E-state index contributed by atoms with van der Waals surface area (Å²) in [5.74, 6) is 0.675. The Morgan fingerprint density at radius 3 is 2.44 bits per heavy atom. The van der Waals surface area contributed by atoms with Crippen LogP contribution in [0.5, 0.6) is 0 Å². The van der Waals surface area contributed by atoms with Crippen LogP contribution in [-0.4, -0.2) is 28.0 Å². The fraction of sp³-hybridized carbons (Fsp3) is 0.278. The maximum atomic E-state index is 11.4. The number of nitrogens with one attached hydrogen (secondary N) is 2. The van der Waals surface area contributed by atoms with Crippen LogP contribution < -0.4 is 15.8 Å². The van der Waals surface area contributed by atoms with Crippen LogP contribution in [0.25, 0.3) is 0 Å². The molecule has 0 aliphatic carbocycles. The van der Waals surface area contributed by atoms with Gasteiger partial charge in [0.05, 0.1) is 4.90 Å². The summed E-state index contributed by atoms with van der Waals surface area (Å²) < 4.78 is 22.8. The molecule has 4 N–H and O–H groups in total. The summed E-state index contributed by atoms with van der Waals surface area (Å²) in [6, 6.07) is 16.9. The van der Waals surface area contributed by atoms with E-state index >= 15 is 0 Å². The molecule has 0 aliphatic rings. The summed E-state index contributed by atoms with van der Waals surface area (Å²) in [6.45, 7) is 1.26. The fourth-order valence-electron chi connectivity index (χ4n) is 2.38. The number of hydrogen-bond donors (Lipinski definition) is 3. The van der Waals surface area contributed by atoms with Crippen LogP contribution in [0.1, 0.15) is 17.5 Å². The number of hydrogen-bond acceptors (Lipinski definition) is 3. The zero-order chi connectivity index (χ0) is 18.1. The Balaban J connectivity index is 1.79. The van der Waals surface area contributed by atoms with Crippen LogP contribution in [0.2, 0.25) is 0 Å². The van der Waals surface area contributed by atoms with Gasteiger partial charge < -0.3 is 10.6 Å². The molecule has 2 rings (SSSR count). The average Bonchev–Trinajstić information content (AvgIpc) is 2.61. The van der Waals surface area contributed by atoms with Crippen molar-refractivity contribution in [2.75, 3.05) is 13.6 Å². The standard InChI is InChI=1S/C18H24N4O2S/c1-20-18(21-12-6-10-15-7-3-2-4-8-15)22-14-16-9-5-11-17(13-16)25(19,23)24/h2-5,7-9,11,13H,6,10,12,14H2,1H3,(H2,19,23,24)(H2,20,21,22). The molecule has 0 radical (unpaired) electrons. The zero-order valence-electron chi connectivity index (χ0n) is 14.3. The first-order valence-corrected chi connectivity index (χ1v) is 9.64. The highest BCUT2D eigenvalue weighted by molar-refractivity contribution is 7.89. The molecule has 0 bridgehead atoms. The molecule has 25 heavy (non-hydrogen) atoms. The number of nitrogens with two attached hydrogens (primary N) is 1. The van der Waals surface area contributed by atoms with E-state index in [1.54, 1.807) is 19.2 Å². The molecule has 0 unspecified atom stereocenters. The molecule has 6 nitrogen and oxygen atoms in total. The average molecular weight is 360 g/mol. The van der Waals surface area contributed by atoms with Crippen LogP contribution in [0.3, 0.4) is 0 Å². The van der Waals surface area contributed by atoms with Crippen molar-refractivity contribution >= 4 is 16.0 Å². The Morgan fingerprint density at radius 1 is 1.04 bits per heavy atom. The van der Waals surface area contributed by atoms with Gasteiger partial charge in [-0.15, -0.1) is 0 Å². The monoisotopic (exact) mass is 360 g/mol. The summed E-state index contributed by atoms with van der Waals surface area (Å²) in [5.41, 5.74) is 2.13. The molecule has 0 aromatic heterocycles. The first-order chi connectivity index (χ1) is 12.0. The van der Waals surface area contributed by atoms with Crippen molar-refractivity contribution in [1.29, 1.82) is 0 Å². The third-order valence-corrected chi connectivity index (χ3v) is 4.60. The van der Waals surface area contributed by atoms with Gasteiger partial charge in [-0.2, -0.15) is 0 Å². The molecule has 0 heterocycles. The summed E-state index contributed by atoms with van der Waals surface area (Å²) in [4.78, 5) is 4.28. The second kappa shape index (κ2) is 9.19. The summed E-state index contributed by atoms with van der Waals surface area (Å²) in [6.07, 6.45) is 1.99. The fourth-order valence-corrected chi connectivity index (χ4v) is 2.97. The highest BCUT2D eigenvalue weighted by atomic mass is 32.2. The summed E-state index contributed by atoms with van der Waals surface area (Å²) in [7, 11) is -1.99. The molecule has 0 saturated heterocycles. The zero-order valence-corrected chi connectivity index (χ0v) is 15.1. The smallest absolute Gasteiger partial charge is 0.238 e. The van der Waals surface area contributed by atoms with Crippen molar-refractivity contribution in [2.24, 2.45) is 10.1 Å². The lowest BCUT2D eigenvalue weighted by Gasteiger charge is -2.12. The molecule has 7 heteroatoms. The minimum Gasteiger partial charge on any atom is -0.356 e. The number of primary sulfonamides is 1. The van der Waals surface area contributed by atoms with Gasteiger partial charge in [0.1, 0.15) is 0 Å². The first-order valence-electron chi connectivity index (χ1n) is 8.09. The van der Waals surface area contributed by atoms with E-state index < -0.39 is 10.0 Å². The number of benzene rings is 2. The van der Waals surface area contributed by atoms with Crippen molar-refractivity contribution in [1.82, 2.24) is 10.6 Å². The maximum Gasteiger partial charge on any atom is 0.238 e. The third-order valence-electron chi connectivity index (χ3n) is 3.69. The Kier molecular flexibility index (Phi) is 6.97. The predicted molar refractivity (Wildman–Crippen MR) is 101 cm³/mol. The minimum atomic E-state index is -3.69. The molecule has 2 aromatic rings. The lowest BCUT2D eigenvalue weighted by molar-refractivity contribution is 0.597. The van der Waals surface area contributed by atoms with Gasteiger partial charge in [-0.3, -0.25) is 4.99 Å². The first kappa shape index (κ1) is 19.0. The van der Waals surface area contributed by atoms with Crippen molar-refractivity contribution in [3.63, 3.8) is 0 Å². The maximum absolute atomic E-state index is 11.4. The normalized spacial score (nSPS) is 12.0. The van der Waals surface area contributed by atoms with E-state index in [1.165, 1.54) is 11.6 Å². The van der Waals surface area contributed by atoms with Crippen molar-refractivity contribution in [2.45, 2.75) is 24.3 Å². The second-order valence-corrected chi connectivity index (χ2v) is 7.20. The van der Waals surface area contributed by atoms with Gasteiger partial charge in [-0.25, -0.2) is 13.6 Å². The molecule has 0 atom stereocenters. The Morgan fingerprint density at radius 2 is 1.76 bits per heavy atom. The van der Waals surface area contributed by atoms with E-state index in [0.717, 1.165) is 24.9 Å². The molecule has 0 saturated carbocycles. The molecule has 2 aromatic carbocycles. The number of sulfonamides is 1. The van der Waals surface area contributed by atoms with Gasteiger partial charge in [-0.1, -0.05) is 42.5 Å². The highest BCUT2D eigenvalue weighted by Gasteiger charge is 2.08. The van der Waals surface area contributed by atoms with Crippen LogP contribution in [-0.2, 0) is 23.0 Å². The van der Waals surface area contributed by atoms with E-state index in [2.05, 4.69) is 27.8 Å². The topological polar surface area (TPSA) is 96.6 Å². The van der Waals surface area contributed by atoms with E-state index in [9.17, 15) is 8.42 Å². The number of rotatable bonds is 7.